The fraction of sp³-hybridized carbons (Fsp3) is 0.640. The van der Waals surface area contributed by atoms with E-state index in [9.17, 15) is 4.79 Å². The second kappa shape index (κ2) is 7.16. The number of piperidine rings is 1. The molecule has 1 amide bonds. The fourth-order valence-corrected chi connectivity index (χ4v) is 6.22. The largest absolute Gasteiger partial charge is 0.365 e. The summed E-state index contributed by atoms with van der Waals surface area (Å²) in [5.74, 6) is 1.11. The molecule has 0 N–H and O–H groups in total. The highest BCUT2D eigenvalue weighted by molar-refractivity contribution is 5.94. The lowest BCUT2D eigenvalue weighted by molar-refractivity contribution is -0.132. The minimum atomic E-state index is 0.183. The summed E-state index contributed by atoms with van der Waals surface area (Å²) in [5, 5.41) is 0. The summed E-state index contributed by atoms with van der Waals surface area (Å²) in [6.07, 6.45) is 14.8. The van der Waals surface area contributed by atoms with Crippen molar-refractivity contribution in [3.05, 3.63) is 47.2 Å². The van der Waals surface area contributed by atoms with E-state index in [-0.39, 0.29) is 11.4 Å². The maximum Gasteiger partial charge on any atom is 0.249 e. The molecule has 0 aromatic rings. The number of hydrogen-bond donors (Lipinski definition) is 0. The molecule has 1 spiro atoms. The molecule has 29 heavy (non-hydrogen) atoms. The van der Waals surface area contributed by atoms with E-state index in [1.807, 2.05) is 0 Å². The minimum absolute atomic E-state index is 0.183. The minimum Gasteiger partial charge on any atom is -0.365 e. The van der Waals surface area contributed by atoms with Gasteiger partial charge in [0.2, 0.25) is 5.91 Å². The van der Waals surface area contributed by atoms with Gasteiger partial charge in [-0.1, -0.05) is 30.4 Å². The van der Waals surface area contributed by atoms with Crippen molar-refractivity contribution in [1.29, 1.82) is 0 Å². The van der Waals surface area contributed by atoms with Crippen LogP contribution in [0.5, 0.6) is 0 Å². The number of rotatable bonds is 3. The van der Waals surface area contributed by atoms with Crippen LogP contribution in [0.3, 0.4) is 0 Å². The third-order valence-corrected chi connectivity index (χ3v) is 8.19. The van der Waals surface area contributed by atoms with Crippen LogP contribution >= 0.6 is 0 Å². The Labute approximate surface area is 175 Å². The standard InChI is InChI=1S/C25H35N3O/c1-18(2)22-10-11-23-25(26(3)16-17-28(22)23)12-14-27(15-13-25)24(29)21-8-6-20(7-9-21)19-4-5-19/h6,8,10,19,23H,1,4-5,7,9,11-17H2,2-3H3. The molecule has 1 unspecified atom stereocenters. The second-order valence-electron chi connectivity index (χ2n) is 9.84. The van der Waals surface area contributed by atoms with Crippen LogP contribution in [-0.4, -0.2) is 65.4 Å². The third-order valence-electron chi connectivity index (χ3n) is 8.19. The number of hydrogen-bond acceptors (Lipinski definition) is 3. The molecule has 0 bridgehead atoms. The van der Waals surface area contributed by atoms with E-state index in [1.54, 1.807) is 5.57 Å². The number of likely N-dealkylation sites (tertiary alicyclic amines) is 1. The lowest BCUT2D eigenvalue weighted by atomic mass is 9.76. The zero-order chi connectivity index (χ0) is 20.2. The molecular formula is C25H35N3O. The number of piperazine rings is 1. The van der Waals surface area contributed by atoms with E-state index in [1.165, 1.54) is 24.1 Å². The molecule has 0 aromatic carbocycles. The smallest absolute Gasteiger partial charge is 0.249 e. The van der Waals surface area contributed by atoms with Crippen LogP contribution in [0.15, 0.2) is 47.2 Å². The normalized spacial score (nSPS) is 29.3. The molecule has 3 heterocycles. The molecule has 4 heteroatoms. The summed E-state index contributed by atoms with van der Waals surface area (Å²) < 4.78 is 0. The molecule has 4 nitrogen and oxygen atoms in total. The molecular weight excluding hydrogens is 358 g/mol. The highest BCUT2D eigenvalue weighted by Crippen LogP contribution is 2.44. The summed E-state index contributed by atoms with van der Waals surface area (Å²) in [5.41, 5.74) is 5.32. The molecule has 0 radical (unpaired) electrons. The van der Waals surface area contributed by atoms with Crippen LogP contribution in [0.2, 0.25) is 0 Å². The van der Waals surface area contributed by atoms with Gasteiger partial charge in [0.1, 0.15) is 0 Å². The number of fused-ring (bicyclic) bond motifs is 2. The first kappa shape index (κ1) is 19.2. The Morgan fingerprint density at radius 3 is 2.48 bits per heavy atom. The maximum atomic E-state index is 13.1. The predicted octanol–water partition coefficient (Wildman–Crippen LogP) is 3.88. The zero-order valence-corrected chi connectivity index (χ0v) is 18.1. The lowest BCUT2D eigenvalue weighted by Gasteiger charge is -2.57. The van der Waals surface area contributed by atoms with Gasteiger partial charge in [-0.2, -0.15) is 0 Å². The van der Waals surface area contributed by atoms with Crippen molar-refractivity contribution in [2.45, 2.75) is 63.5 Å². The van der Waals surface area contributed by atoms with Gasteiger partial charge in [0.05, 0.1) is 6.04 Å². The third kappa shape index (κ3) is 3.20. The van der Waals surface area contributed by atoms with Gasteiger partial charge in [0.15, 0.2) is 0 Å². The average molecular weight is 394 g/mol. The van der Waals surface area contributed by atoms with Crippen molar-refractivity contribution in [2.24, 2.45) is 5.92 Å². The first-order valence-electron chi connectivity index (χ1n) is 11.5. The topological polar surface area (TPSA) is 26.8 Å². The van der Waals surface area contributed by atoms with Crippen LogP contribution in [0.4, 0.5) is 0 Å². The first-order valence-corrected chi connectivity index (χ1v) is 11.5. The Morgan fingerprint density at radius 1 is 1.10 bits per heavy atom. The van der Waals surface area contributed by atoms with Gasteiger partial charge in [-0.3, -0.25) is 9.69 Å². The lowest BCUT2D eigenvalue weighted by Crippen LogP contribution is -2.68. The molecule has 3 aliphatic heterocycles. The molecule has 2 saturated heterocycles. The summed E-state index contributed by atoms with van der Waals surface area (Å²) >= 11 is 0. The predicted molar refractivity (Wildman–Crippen MR) is 117 cm³/mol. The van der Waals surface area contributed by atoms with Gasteiger partial charge in [0, 0.05) is 43.0 Å². The Morgan fingerprint density at radius 2 is 1.86 bits per heavy atom. The zero-order valence-electron chi connectivity index (χ0n) is 18.1. The molecule has 5 rings (SSSR count). The van der Waals surface area contributed by atoms with Crippen molar-refractivity contribution in [3.8, 4) is 0 Å². The van der Waals surface area contributed by atoms with Gasteiger partial charge >= 0.3 is 0 Å². The second-order valence-corrected chi connectivity index (χ2v) is 9.84. The molecule has 5 aliphatic rings. The van der Waals surface area contributed by atoms with Gasteiger partial charge in [-0.15, -0.1) is 0 Å². The molecule has 1 atom stereocenters. The van der Waals surface area contributed by atoms with Gasteiger partial charge in [0.25, 0.3) is 0 Å². The van der Waals surface area contributed by atoms with Gasteiger partial charge < -0.3 is 9.80 Å². The van der Waals surface area contributed by atoms with Crippen molar-refractivity contribution in [2.75, 3.05) is 33.2 Å². The van der Waals surface area contributed by atoms with Crippen LogP contribution < -0.4 is 0 Å². The summed E-state index contributed by atoms with van der Waals surface area (Å²) in [6, 6.07) is 0.531. The summed E-state index contributed by atoms with van der Waals surface area (Å²) in [6.45, 7) is 10.3. The Balaban J connectivity index is 1.27. The number of carbonyl (C=O) groups excluding carboxylic acids is 1. The van der Waals surface area contributed by atoms with E-state index in [0.717, 1.165) is 69.8 Å². The van der Waals surface area contributed by atoms with Crippen LogP contribution in [-0.2, 0) is 4.79 Å². The SMILES string of the molecule is C=C(C)C1=CCC2N1CCN(C)C21CCN(C(=O)C2=CC=C(C3CC3)CC2)CC1. The molecule has 3 fully saturated rings. The van der Waals surface area contributed by atoms with Crippen molar-refractivity contribution < 1.29 is 4.79 Å². The van der Waals surface area contributed by atoms with Crippen LogP contribution in [0, 0.1) is 5.92 Å². The molecule has 156 valence electrons. The van der Waals surface area contributed by atoms with Gasteiger partial charge in [-0.05, 0) is 70.4 Å². The Kier molecular flexibility index (Phi) is 4.73. The maximum absolute atomic E-state index is 13.1. The quantitative estimate of drug-likeness (QED) is 0.728. The number of carbonyl (C=O) groups is 1. The highest BCUT2D eigenvalue weighted by atomic mass is 16.2. The number of likely N-dealkylation sites (N-methyl/N-ethyl adjacent to an activating group) is 1. The Hall–Kier alpha value is -1.81. The molecule has 0 aromatic heterocycles. The summed E-state index contributed by atoms with van der Waals surface area (Å²) in [4.78, 5) is 20.5. The van der Waals surface area contributed by atoms with E-state index in [0.29, 0.717) is 6.04 Å². The Bertz CT molecular complexity index is 808. The monoisotopic (exact) mass is 393 g/mol. The average Bonchev–Trinajstić information content (AvgIpc) is 3.49. The highest BCUT2D eigenvalue weighted by Gasteiger charge is 2.51. The molecule has 2 aliphatic carbocycles. The van der Waals surface area contributed by atoms with Crippen molar-refractivity contribution in [3.63, 3.8) is 0 Å². The van der Waals surface area contributed by atoms with Crippen molar-refractivity contribution >= 4 is 5.91 Å². The number of amides is 1. The van der Waals surface area contributed by atoms with E-state index >= 15 is 0 Å². The van der Waals surface area contributed by atoms with Gasteiger partial charge in [-0.25, -0.2) is 0 Å². The number of allylic oxidation sites excluding steroid dienone is 4. The van der Waals surface area contributed by atoms with E-state index < -0.39 is 0 Å². The number of nitrogens with zero attached hydrogens (tertiary/aromatic N) is 3. The van der Waals surface area contributed by atoms with E-state index in [2.05, 4.69) is 53.5 Å². The van der Waals surface area contributed by atoms with Crippen LogP contribution in [0.1, 0.15) is 51.9 Å². The summed E-state index contributed by atoms with van der Waals surface area (Å²) in [7, 11) is 2.29. The van der Waals surface area contributed by atoms with Crippen LogP contribution in [0.25, 0.3) is 0 Å². The van der Waals surface area contributed by atoms with Crippen molar-refractivity contribution in [1.82, 2.24) is 14.7 Å². The fourth-order valence-electron chi connectivity index (χ4n) is 6.22. The molecule has 1 saturated carbocycles. The van der Waals surface area contributed by atoms with E-state index in [4.69, 9.17) is 0 Å². The first-order chi connectivity index (χ1) is 14.0.